The molecular formula is C19H34N2. The van der Waals surface area contributed by atoms with E-state index in [2.05, 4.69) is 75.4 Å². The first-order valence-corrected chi connectivity index (χ1v) is 8.50. The maximum Gasteiger partial charge on any atom is 0.0323 e. The van der Waals surface area contributed by atoms with Crippen LogP contribution in [0.25, 0.3) is 0 Å². The largest absolute Gasteiger partial charge is 0.308 e. The molecule has 1 rings (SSSR count). The predicted molar refractivity (Wildman–Crippen MR) is 93.6 cm³/mol. The zero-order chi connectivity index (χ0) is 15.7. The molecule has 120 valence electrons. The van der Waals surface area contributed by atoms with Crippen LogP contribution in [0.1, 0.15) is 58.1 Å². The lowest BCUT2D eigenvalue weighted by molar-refractivity contribution is 0.263. The van der Waals surface area contributed by atoms with Crippen molar-refractivity contribution in [2.45, 2.75) is 58.5 Å². The molecule has 0 aliphatic rings. The molecule has 0 heterocycles. The Morgan fingerprint density at radius 2 is 1.71 bits per heavy atom. The fourth-order valence-corrected chi connectivity index (χ4v) is 2.74. The molecule has 0 aromatic heterocycles. The molecule has 0 aliphatic heterocycles. The van der Waals surface area contributed by atoms with Gasteiger partial charge in [0, 0.05) is 18.6 Å². The molecule has 1 aromatic rings. The van der Waals surface area contributed by atoms with Crippen molar-refractivity contribution >= 4 is 0 Å². The smallest absolute Gasteiger partial charge is 0.0323 e. The Morgan fingerprint density at radius 1 is 1.05 bits per heavy atom. The highest BCUT2D eigenvalue weighted by Gasteiger charge is 2.19. The summed E-state index contributed by atoms with van der Waals surface area (Å²) in [6, 6.07) is 11.9. The van der Waals surface area contributed by atoms with E-state index in [-0.39, 0.29) is 0 Å². The minimum Gasteiger partial charge on any atom is -0.308 e. The SMILES string of the molecule is CCCCCC(NC(CN(C)C)C(C)C)c1ccccc1. The molecule has 0 fully saturated rings. The summed E-state index contributed by atoms with van der Waals surface area (Å²) in [6.45, 7) is 7.99. The number of hydrogen-bond donors (Lipinski definition) is 1. The molecule has 0 bridgehead atoms. The lowest BCUT2D eigenvalue weighted by Crippen LogP contribution is -2.43. The van der Waals surface area contributed by atoms with E-state index in [0.29, 0.717) is 18.0 Å². The van der Waals surface area contributed by atoms with E-state index in [9.17, 15) is 0 Å². The molecule has 1 aromatic carbocycles. The van der Waals surface area contributed by atoms with Crippen LogP contribution in [-0.4, -0.2) is 31.6 Å². The Hall–Kier alpha value is -0.860. The van der Waals surface area contributed by atoms with Crippen LogP contribution in [0.2, 0.25) is 0 Å². The quantitative estimate of drug-likeness (QED) is 0.639. The highest BCUT2D eigenvalue weighted by atomic mass is 15.1. The first-order valence-electron chi connectivity index (χ1n) is 8.50. The molecule has 0 aliphatic carbocycles. The van der Waals surface area contributed by atoms with Crippen molar-refractivity contribution in [3.63, 3.8) is 0 Å². The van der Waals surface area contributed by atoms with Gasteiger partial charge in [0.15, 0.2) is 0 Å². The molecule has 1 N–H and O–H groups in total. The molecule has 2 unspecified atom stereocenters. The summed E-state index contributed by atoms with van der Waals surface area (Å²) in [5.74, 6) is 0.643. The van der Waals surface area contributed by atoms with Gasteiger partial charge in [0.25, 0.3) is 0 Å². The summed E-state index contributed by atoms with van der Waals surface area (Å²) in [4.78, 5) is 2.28. The van der Waals surface area contributed by atoms with Gasteiger partial charge < -0.3 is 10.2 Å². The van der Waals surface area contributed by atoms with Gasteiger partial charge in [-0.25, -0.2) is 0 Å². The van der Waals surface area contributed by atoms with Crippen molar-refractivity contribution in [3.05, 3.63) is 35.9 Å². The zero-order valence-electron chi connectivity index (χ0n) is 14.6. The summed E-state index contributed by atoms with van der Waals surface area (Å²) in [5.41, 5.74) is 1.43. The van der Waals surface area contributed by atoms with Crippen LogP contribution in [-0.2, 0) is 0 Å². The summed E-state index contributed by atoms with van der Waals surface area (Å²) in [5, 5.41) is 3.92. The lowest BCUT2D eigenvalue weighted by atomic mass is 9.96. The highest BCUT2D eigenvalue weighted by molar-refractivity contribution is 5.19. The molecular weight excluding hydrogens is 256 g/mol. The molecule has 2 atom stereocenters. The normalized spacial score (nSPS) is 14.6. The monoisotopic (exact) mass is 290 g/mol. The molecule has 0 spiro atoms. The second-order valence-electron chi connectivity index (χ2n) is 6.74. The summed E-state index contributed by atoms with van der Waals surface area (Å²) < 4.78 is 0. The van der Waals surface area contributed by atoms with E-state index in [1.807, 2.05) is 0 Å². The Balaban J connectivity index is 2.74. The number of benzene rings is 1. The highest BCUT2D eigenvalue weighted by Crippen LogP contribution is 2.22. The molecule has 0 amide bonds. The summed E-state index contributed by atoms with van der Waals surface area (Å²) in [6.07, 6.45) is 5.14. The fraction of sp³-hybridized carbons (Fsp3) is 0.684. The molecule has 0 saturated carbocycles. The van der Waals surface area contributed by atoms with Gasteiger partial charge in [-0.2, -0.15) is 0 Å². The average molecular weight is 290 g/mol. The Bertz CT molecular complexity index is 359. The Morgan fingerprint density at radius 3 is 2.24 bits per heavy atom. The van der Waals surface area contributed by atoms with Crippen molar-refractivity contribution in [1.29, 1.82) is 0 Å². The van der Waals surface area contributed by atoms with Gasteiger partial charge >= 0.3 is 0 Å². The second-order valence-corrected chi connectivity index (χ2v) is 6.74. The number of rotatable bonds is 10. The van der Waals surface area contributed by atoms with E-state index in [0.717, 1.165) is 6.54 Å². The first-order chi connectivity index (χ1) is 10.0. The molecule has 2 heteroatoms. The van der Waals surface area contributed by atoms with Crippen LogP contribution in [0.4, 0.5) is 0 Å². The van der Waals surface area contributed by atoms with E-state index < -0.39 is 0 Å². The molecule has 2 nitrogen and oxygen atoms in total. The first kappa shape index (κ1) is 18.2. The van der Waals surface area contributed by atoms with Crippen molar-refractivity contribution in [2.24, 2.45) is 5.92 Å². The number of nitrogens with zero attached hydrogens (tertiary/aromatic N) is 1. The third kappa shape index (κ3) is 7.10. The Kier molecular flexibility index (Phi) is 8.63. The molecule has 0 saturated heterocycles. The number of unbranched alkanes of at least 4 members (excludes halogenated alkanes) is 2. The van der Waals surface area contributed by atoms with Crippen LogP contribution in [0, 0.1) is 5.92 Å². The van der Waals surface area contributed by atoms with Gasteiger partial charge in [0.2, 0.25) is 0 Å². The van der Waals surface area contributed by atoms with Gasteiger partial charge in [-0.05, 0) is 32.0 Å². The van der Waals surface area contributed by atoms with Crippen LogP contribution in [0.5, 0.6) is 0 Å². The summed E-state index contributed by atoms with van der Waals surface area (Å²) >= 11 is 0. The minimum absolute atomic E-state index is 0.477. The van der Waals surface area contributed by atoms with Crippen molar-refractivity contribution in [3.8, 4) is 0 Å². The predicted octanol–water partition coefficient (Wildman–Crippen LogP) is 4.48. The van der Waals surface area contributed by atoms with Crippen molar-refractivity contribution in [2.75, 3.05) is 20.6 Å². The maximum atomic E-state index is 3.92. The van der Waals surface area contributed by atoms with Crippen LogP contribution in [0.15, 0.2) is 30.3 Å². The standard InChI is InChI=1S/C19H34N2/c1-6-7-9-14-18(17-12-10-8-11-13-17)20-19(16(2)3)15-21(4)5/h8,10-13,16,18-20H,6-7,9,14-15H2,1-5H3. The van der Waals surface area contributed by atoms with Crippen molar-refractivity contribution < 1.29 is 0 Å². The van der Waals surface area contributed by atoms with Gasteiger partial charge in [-0.15, -0.1) is 0 Å². The van der Waals surface area contributed by atoms with Crippen LogP contribution < -0.4 is 5.32 Å². The molecule has 21 heavy (non-hydrogen) atoms. The Labute approximate surface area is 131 Å². The average Bonchev–Trinajstić information content (AvgIpc) is 2.45. The van der Waals surface area contributed by atoms with E-state index in [1.165, 1.54) is 31.2 Å². The van der Waals surface area contributed by atoms with Crippen molar-refractivity contribution in [1.82, 2.24) is 10.2 Å². The fourth-order valence-electron chi connectivity index (χ4n) is 2.74. The third-order valence-electron chi connectivity index (χ3n) is 4.08. The van der Waals surface area contributed by atoms with E-state index >= 15 is 0 Å². The van der Waals surface area contributed by atoms with Crippen LogP contribution >= 0.6 is 0 Å². The second kappa shape index (κ2) is 9.97. The number of nitrogens with one attached hydrogen (secondary N) is 1. The minimum atomic E-state index is 0.477. The van der Waals surface area contributed by atoms with E-state index in [4.69, 9.17) is 0 Å². The molecule has 0 radical (unpaired) electrons. The van der Waals surface area contributed by atoms with Gasteiger partial charge in [-0.3, -0.25) is 0 Å². The van der Waals surface area contributed by atoms with Gasteiger partial charge in [-0.1, -0.05) is 70.4 Å². The lowest BCUT2D eigenvalue weighted by Gasteiger charge is -2.31. The summed E-state index contributed by atoms with van der Waals surface area (Å²) in [7, 11) is 4.32. The topological polar surface area (TPSA) is 15.3 Å². The van der Waals surface area contributed by atoms with Gasteiger partial charge in [0.05, 0.1) is 0 Å². The van der Waals surface area contributed by atoms with Gasteiger partial charge in [0.1, 0.15) is 0 Å². The van der Waals surface area contributed by atoms with Crippen LogP contribution in [0.3, 0.4) is 0 Å². The third-order valence-corrected chi connectivity index (χ3v) is 4.08. The maximum absolute atomic E-state index is 3.92. The number of likely N-dealkylation sites (N-methyl/N-ethyl adjacent to an activating group) is 1. The van der Waals surface area contributed by atoms with E-state index in [1.54, 1.807) is 0 Å². The zero-order valence-corrected chi connectivity index (χ0v) is 14.6. The number of hydrogen-bond acceptors (Lipinski definition) is 2.